The Morgan fingerprint density at radius 3 is 2.52 bits per heavy atom. The quantitative estimate of drug-likeness (QED) is 0.630. The van der Waals surface area contributed by atoms with E-state index in [1.165, 1.54) is 24.4 Å². The van der Waals surface area contributed by atoms with Gasteiger partial charge in [0.15, 0.2) is 0 Å². The van der Waals surface area contributed by atoms with Crippen LogP contribution in [-0.4, -0.2) is 10.9 Å². The summed E-state index contributed by atoms with van der Waals surface area (Å²) in [6, 6.07) is 14.5. The van der Waals surface area contributed by atoms with Gasteiger partial charge >= 0.3 is 0 Å². The molecule has 7 heteroatoms. The van der Waals surface area contributed by atoms with E-state index in [-0.39, 0.29) is 10.7 Å². The van der Waals surface area contributed by atoms with E-state index in [1.807, 2.05) is 12.1 Å². The van der Waals surface area contributed by atoms with Crippen LogP contribution in [0.15, 0.2) is 60.8 Å². The molecule has 2 N–H and O–H groups in total. The van der Waals surface area contributed by atoms with Gasteiger partial charge in [0.25, 0.3) is 5.91 Å². The van der Waals surface area contributed by atoms with Crippen LogP contribution < -0.4 is 10.6 Å². The van der Waals surface area contributed by atoms with Crippen molar-refractivity contribution >= 4 is 46.2 Å². The summed E-state index contributed by atoms with van der Waals surface area (Å²) in [5.74, 6) is -0.983. The minimum absolute atomic E-state index is 0.0675. The van der Waals surface area contributed by atoms with Crippen LogP contribution in [0.4, 0.5) is 21.5 Å². The SMILES string of the molecule is O=C(Nc1ccc(F)c(Cl)c1)c1cc(Nc2cccc(Cl)c2)ccn1. The third-order valence-corrected chi connectivity index (χ3v) is 3.81. The number of hydrogen-bond acceptors (Lipinski definition) is 3. The maximum Gasteiger partial charge on any atom is 0.274 e. The van der Waals surface area contributed by atoms with E-state index in [1.54, 1.807) is 24.3 Å². The van der Waals surface area contributed by atoms with Gasteiger partial charge in [-0.15, -0.1) is 0 Å². The molecule has 3 aromatic rings. The first-order valence-corrected chi connectivity index (χ1v) is 8.02. The normalized spacial score (nSPS) is 10.4. The van der Waals surface area contributed by atoms with Crippen molar-refractivity contribution in [2.45, 2.75) is 0 Å². The molecule has 0 aliphatic carbocycles. The van der Waals surface area contributed by atoms with E-state index < -0.39 is 11.7 Å². The summed E-state index contributed by atoms with van der Waals surface area (Å²) >= 11 is 11.7. The lowest BCUT2D eigenvalue weighted by molar-refractivity contribution is 0.102. The van der Waals surface area contributed by atoms with Crippen LogP contribution in [0.3, 0.4) is 0 Å². The maximum atomic E-state index is 13.2. The fourth-order valence-corrected chi connectivity index (χ4v) is 2.51. The largest absolute Gasteiger partial charge is 0.355 e. The van der Waals surface area contributed by atoms with Crippen LogP contribution in [0.1, 0.15) is 10.5 Å². The molecule has 3 rings (SSSR count). The van der Waals surface area contributed by atoms with E-state index in [2.05, 4.69) is 15.6 Å². The summed E-state index contributed by atoms with van der Waals surface area (Å²) in [5, 5.41) is 6.30. The van der Waals surface area contributed by atoms with Gasteiger partial charge in [0.05, 0.1) is 5.02 Å². The highest BCUT2D eigenvalue weighted by Gasteiger charge is 2.10. The zero-order chi connectivity index (χ0) is 17.8. The summed E-state index contributed by atoms with van der Waals surface area (Å²) < 4.78 is 13.2. The zero-order valence-corrected chi connectivity index (χ0v) is 14.3. The van der Waals surface area contributed by atoms with Crippen LogP contribution in [0.25, 0.3) is 0 Å². The first kappa shape index (κ1) is 17.2. The number of hydrogen-bond donors (Lipinski definition) is 2. The van der Waals surface area contributed by atoms with Crippen molar-refractivity contribution in [1.29, 1.82) is 0 Å². The van der Waals surface area contributed by atoms with Gasteiger partial charge in [-0.05, 0) is 48.5 Å². The standard InChI is InChI=1S/C18H12Cl2FN3O/c19-11-2-1-3-12(8-11)23-14-6-7-22-17(10-14)18(25)24-13-4-5-16(21)15(20)9-13/h1-10H,(H,22,23)(H,24,25). The zero-order valence-electron chi connectivity index (χ0n) is 12.8. The first-order valence-electron chi connectivity index (χ1n) is 7.26. The summed E-state index contributed by atoms with van der Waals surface area (Å²) in [6.45, 7) is 0. The van der Waals surface area contributed by atoms with Crippen LogP contribution >= 0.6 is 23.2 Å². The van der Waals surface area contributed by atoms with E-state index in [0.717, 1.165) is 5.69 Å². The van der Waals surface area contributed by atoms with Crippen molar-refractivity contribution in [2.24, 2.45) is 0 Å². The molecule has 0 spiro atoms. The molecule has 2 aromatic carbocycles. The second-order valence-corrected chi connectivity index (χ2v) is 5.99. The van der Waals surface area contributed by atoms with E-state index in [4.69, 9.17) is 23.2 Å². The maximum absolute atomic E-state index is 13.2. The highest BCUT2D eigenvalue weighted by Crippen LogP contribution is 2.22. The molecule has 126 valence electrons. The molecule has 0 saturated heterocycles. The second-order valence-electron chi connectivity index (χ2n) is 5.15. The number of nitrogens with one attached hydrogen (secondary N) is 2. The van der Waals surface area contributed by atoms with Crippen molar-refractivity contribution in [2.75, 3.05) is 10.6 Å². The average molecular weight is 376 g/mol. The van der Waals surface area contributed by atoms with Crippen LogP contribution in [0.5, 0.6) is 0 Å². The number of amides is 1. The molecular formula is C18H12Cl2FN3O. The Morgan fingerprint density at radius 2 is 1.76 bits per heavy atom. The third-order valence-electron chi connectivity index (χ3n) is 3.28. The summed E-state index contributed by atoms with van der Waals surface area (Å²) in [4.78, 5) is 16.4. The molecule has 0 radical (unpaired) electrons. The van der Waals surface area contributed by atoms with Crippen molar-refractivity contribution in [1.82, 2.24) is 4.98 Å². The molecule has 4 nitrogen and oxygen atoms in total. The fraction of sp³-hybridized carbons (Fsp3) is 0. The molecule has 1 amide bonds. The third kappa shape index (κ3) is 4.47. The molecule has 1 heterocycles. The molecule has 25 heavy (non-hydrogen) atoms. The van der Waals surface area contributed by atoms with Crippen LogP contribution in [0.2, 0.25) is 10.0 Å². The van der Waals surface area contributed by atoms with Crippen molar-refractivity contribution in [3.8, 4) is 0 Å². The lowest BCUT2D eigenvalue weighted by Gasteiger charge is -2.09. The molecule has 0 atom stereocenters. The fourth-order valence-electron chi connectivity index (χ4n) is 2.13. The van der Waals surface area contributed by atoms with Crippen molar-refractivity contribution in [3.05, 3.63) is 82.4 Å². The number of pyridine rings is 1. The van der Waals surface area contributed by atoms with Gasteiger partial charge in [-0.3, -0.25) is 9.78 Å². The molecule has 1 aromatic heterocycles. The predicted octanol–water partition coefficient (Wildman–Crippen LogP) is 5.52. The summed E-state index contributed by atoms with van der Waals surface area (Å²) in [6.07, 6.45) is 1.51. The molecule has 0 bridgehead atoms. The molecular weight excluding hydrogens is 364 g/mol. The molecule has 0 aliphatic heterocycles. The number of nitrogens with zero attached hydrogens (tertiary/aromatic N) is 1. The summed E-state index contributed by atoms with van der Waals surface area (Å²) in [7, 11) is 0. The Balaban J connectivity index is 1.76. The van der Waals surface area contributed by atoms with Gasteiger partial charge in [0.2, 0.25) is 0 Å². The van der Waals surface area contributed by atoms with E-state index >= 15 is 0 Å². The number of rotatable bonds is 4. The van der Waals surface area contributed by atoms with Gasteiger partial charge in [-0.2, -0.15) is 0 Å². The van der Waals surface area contributed by atoms with Crippen LogP contribution in [-0.2, 0) is 0 Å². The van der Waals surface area contributed by atoms with Gasteiger partial charge in [0.1, 0.15) is 11.5 Å². The molecule has 0 fully saturated rings. The Bertz CT molecular complexity index is 934. The van der Waals surface area contributed by atoms with Crippen molar-refractivity contribution < 1.29 is 9.18 Å². The topological polar surface area (TPSA) is 54.0 Å². The highest BCUT2D eigenvalue weighted by atomic mass is 35.5. The number of anilines is 3. The Hall–Kier alpha value is -2.63. The average Bonchev–Trinajstić information content (AvgIpc) is 2.58. The van der Waals surface area contributed by atoms with E-state index in [9.17, 15) is 9.18 Å². The Labute approximate surface area is 153 Å². The molecule has 0 aliphatic rings. The van der Waals surface area contributed by atoms with Gasteiger partial charge in [-0.1, -0.05) is 29.3 Å². The van der Waals surface area contributed by atoms with Gasteiger partial charge < -0.3 is 10.6 Å². The number of aromatic nitrogens is 1. The molecule has 0 unspecified atom stereocenters. The monoisotopic (exact) mass is 375 g/mol. The lowest BCUT2D eigenvalue weighted by atomic mass is 10.2. The number of benzene rings is 2. The minimum atomic E-state index is -0.550. The first-order chi connectivity index (χ1) is 12.0. The van der Waals surface area contributed by atoms with E-state index in [0.29, 0.717) is 16.4 Å². The van der Waals surface area contributed by atoms with Crippen LogP contribution in [0, 0.1) is 5.82 Å². The van der Waals surface area contributed by atoms with Gasteiger partial charge in [-0.25, -0.2) is 4.39 Å². The second kappa shape index (κ2) is 7.51. The Morgan fingerprint density at radius 1 is 0.960 bits per heavy atom. The predicted molar refractivity (Wildman–Crippen MR) is 98.3 cm³/mol. The lowest BCUT2D eigenvalue weighted by Crippen LogP contribution is -2.13. The number of carbonyl (C=O) groups excluding carboxylic acids is 1. The highest BCUT2D eigenvalue weighted by molar-refractivity contribution is 6.31. The summed E-state index contributed by atoms with van der Waals surface area (Å²) in [5.41, 5.74) is 2.05. The van der Waals surface area contributed by atoms with Crippen molar-refractivity contribution in [3.63, 3.8) is 0 Å². The minimum Gasteiger partial charge on any atom is -0.355 e. The van der Waals surface area contributed by atoms with Gasteiger partial charge in [0, 0.05) is 28.3 Å². The smallest absolute Gasteiger partial charge is 0.274 e. The Kier molecular flexibility index (Phi) is 5.16. The molecule has 0 saturated carbocycles. The number of carbonyl (C=O) groups is 1. The number of halogens is 3.